The Balaban J connectivity index is 1.48. The van der Waals surface area contributed by atoms with Gasteiger partial charge in [-0.15, -0.1) is 5.10 Å². The molecule has 2 N–H and O–H groups in total. The monoisotopic (exact) mass is 449 g/mol. The molecule has 0 radical (unpaired) electrons. The van der Waals surface area contributed by atoms with Crippen LogP contribution in [0.3, 0.4) is 0 Å². The molecule has 0 unspecified atom stereocenters. The van der Waals surface area contributed by atoms with Gasteiger partial charge in [0, 0.05) is 18.4 Å². The summed E-state index contributed by atoms with van der Waals surface area (Å²) in [5, 5.41) is 13.1. The lowest BCUT2D eigenvalue weighted by molar-refractivity contribution is 0.598. The SMILES string of the molecule is NS(=O)(=O)c1ccc(CCN(c2ccc3ccccc3c2)c2nn3ccnc3s2)cc1. The van der Waals surface area contributed by atoms with Gasteiger partial charge in [-0.2, -0.15) is 0 Å². The van der Waals surface area contributed by atoms with Gasteiger partial charge in [-0.1, -0.05) is 53.8 Å². The normalized spacial score (nSPS) is 11.9. The predicted molar refractivity (Wildman–Crippen MR) is 123 cm³/mol. The van der Waals surface area contributed by atoms with E-state index in [2.05, 4.69) is 40.2 Å². The van der Waals surface area contributed by atoms with E-state index in [-0.39, 0.29) is 4.90 Å². The van der Waals surface area contributed by atoms with E-state index in [0.717, 1.165) is 26.7 Å². The molecular formula is C22H19N5O2S2. The van der Waals surface area contributed by atoms with Gasteiger partial charge >= 0.3 is 0 Å². The molecule has 0 saturated heterocycles. The number of hydrogen-bond acceptors (Lipinski definition) is 6. The van der Waals surface area contributed by atoms with Crippen LogP contribution < -0.4 is 10.0 Å². The van der Waals surface area contributed by atoms with Crippen molar-refractivity contribution in [1.29, 1.82) is 0 Å². The Labute approximate surface area is 183 Å². The van der Waals surface area contributed by atoms with E-state index in [1.807, 2.05) is 18.3 Å². The fourth-order valence-corrected chi connectivity index (χ4v) is 4.93. The molecular weight excluding hydrogens is 430 g/mol. The number of anilines is 2. The van der Waals surface area contributed by atoms with Crippen molar-refractivity contribution in [3.05, 3.63) is 84.7 Å². The summed E-state index contributed by atoms with van der Waals surface area (Å²) in [4.78, 5) is 7.45. The van der Waals surface area contributed by atoms with Gasteiger partial charge in [-0.3, -0.25) is 0 Å². The van der Waals surface area contributed by atoms with Gasteiger partial charge in [0.1, 0.15) is 0 Å². The van der Waals surface area contributed by atoms with Crippen LogP contribution in [0.15, 0.2) is 84.0 Å². The van der Waals surface area contributed by atoms with Crippen LogP contribution in [-0.4, -0.2) is 29.6 Å². The van der Waals surface area contributed by atoms with Crippen LogP contribution in [0, 0.1) is 0 Å². The lowest BCUT2D eigenvalue weighted by Gasteiger charge is -2.22. The molecule has 0 spiro atoms. The topological polar surface area (TPSA) is 93.6 Å². The second-order valence-corrected chi connectivity index (χ2v) is 9.66. The maximum absolute atomic E-state index is 11.5. The molecule has 0 aliphatic heterocycles. The standard InChI is InChI=1S/C22H19N5O2S2/c23-31(28,29)20-9-5-16(6-10-20)11-13-26(22-25-27-14-12-24-21(27)30-22)19-8-7-17-3-1-2-4-18(17)15-19/h1-10,12,14-15H,11,13H2,(H2,23,28,29). The van der Waals surface area contributed by atoms with Gasteiger partial charge in [0.2, 0.25) is 20.1 Å². The highest BCUT2D eigenvalue weighted by Crippen LogP contribution is 2.32. The van der Waals surface area contributed by atoms with Gasteiger partial charge < -0.3 is 4.90 Å². The first-order valence-corrected chi connectivity index (χ1v) is 12.0. The average molecular weight is 450 g/mol. The Kier molecular flexibility index (Phi) is 4.93. The van der Waals surface area contributed by atoms with E-state index >= 15 is 0 Å². The largest absolute Gasteiger partial charge is 0.316 e. The molecule has 0 fully saturated rings. The van der Waals surface area contributed by atoms with Crippen molar-refractivity contribution in [1.82, 2.24) is 14.6 Å². The zero-order chi connectivity index (χ0) is 21.4. The van der Waals surface area contributed by atoms with Crippen molar-refractivity contribution in [3.63, 3.8) is 0 Å². The highest BCUT2D eigenvalue weighted by Gasteiger charge is 2.16. The Hall–Kier alpha value is -3.27. The summed E-state index contributed by atoms with van der Waals surface area (Å²) in [7, 11) is -3.69. The van der Waals surface area contributed by atoms with Gasteiger partial charge in [0.05, 0.1) is 11.1 Å². The molecule has 0 bridgehead atoms. The molecule has 3 aromatic carbocycles. The zero-order valence-corrected chi connectivity index (χ0v) is 18.1. The Morgan fingerprint density at radius 2 is 1.77 bits per heavy atom. The van der Waals surface area contributed by atoms with Crippen molar-refractivity contribution in [2.75, 3.05) is 11.4 Å². The van der Waals surface area contributed by atoms with Crippen molar-refractivity contribution in [2.45, 2.75) is 11.3 Å². The maximum Gasteiger partial charge on any atom is 0.238 e. The van der Waals surface area contributed by atoms with Crippen molar-refractivity contribution in [3.8, 4) is 0 Å². The average Bonchev–Trinajstić information content (AvgIpc) is 3.36. The fourth-order valence-electron chi connectivity index (χ4n) is 3.50. The number of primary sulfonamides is 1. The molecule has 0 aliphatic rings. The van der Waals surface area contributed by atoms with Crippen LogP contribution in [0.1, 0.15) is 5.56 Å². The third-order valence-corrected chi connectivity index (χ3v) is 7.01. The number of fused-ring (bicyclic) bond motifs is 2. The molecule has 5 rings (SSSR count). The number of hydrogen-bond donors (Lipinski definition) is 1. The number of imidazole rings is 1. The highest BCUT2D eigenvalue weighted by molar-refractivity contribution is 7.89. The van der Waals surface area contributed by atoms with Crippen LogP contribution in [0.25, 0.3) is 15.7 Å². The first-order chi connectivity index (χ1) is 15.0. The van der Waals surface area contributed by atoms with Gasteiger partial charge in [0.15, 0.2) is 0 Å². The zero-order valence-electron chi connectivity index (χ0n) is 16.4. The van der Waals surface area contributed by atoms with E-state index < -0.39 is 10.0 Å². The summed E-state index contributed by atoms with van der Waals surface area (Å²) in [6.45, 7) is 0.670. The van der Waals surface area contributed by atoms with Crippen LogP contribution >= 0.6 is 11.3 Å². The van der Waals surface area contributed by atoms with E-state index in [1.54, 1.807) is 35.0 Å². The lowest BCUT2D eigenvalue weighted by Crippen LogP contribution is -2.20. The van der Waals surface area contributed by atoms with Gasteiger partial charge in [0.25, 0.3) is 0 Å². The molecule has 156 valence electrons. The summed E-state index contributed by atoms with van der Waals surface area (Å²) in [5.41, 5.74) is 2.05. The number of nitrogens with zero attached hydrogens (tertiary/aromatic N) is 4. The third kappa shape index (κ3) is 4.02. The van der Waals surface area contributed by atoms with E-state index in [4.69, 9.17) is 10.2 Å². The maximum atomic E-state index is 11.5. The molecule has 0 saturated carbocycles. The van der Waals surface area contributed by atoms with Crippen LogP contribution in [0.5, 0.6) is 0 Å². The summed E-state index contributed by atoms with van der Waals surface area (Å²) >= 11 is 1.52. The molecule has 7 nitrogen and oxygen atoms in total. The predicted octanol–water partition coefficient (Wildman–Crippen LogP) is 3.97. The Morgan fingerprint density at radius 3 is 2.52 bits per heavy atom. The highest BCUT2D eigenvalue weighted by atomic mass is 32.2. The lowest BCUT2D eigenvalue weighted by atomic mass is 10.1. The molecule has 31 heavy (non-hydrogen) atoms. The summed E-state index contributed by atoms with van der Waals surface area (Å²) in [5.74, 6) is 0. The first-order valence-electron chi connectivity index (χ1n) is 9.66. The number of nitrogens with two attached hydrogens (primary N) is 1. The fraction of sp³-hybridized carbons (Fsp3) is 0.0909. The van der Waals surface area contributed by atoms with Crippen LogP contribution in [-0.2, 0) is 16.4 Å². The number of benzene rings is 3. The first kappa shape index (κ1) is 19.7. The van der Waals surface area contributed by atoms with Crippen molar-refractivity contribution >= 4 is 47.9 Å². The molecule has 0 aliphatic carbocycles. The second-order valence-electron chi connectivity index (χ2n) is 7.16. The van der Waals surface area contributed by atoms with Crippen LogP contribution in [0.4, 0.5) is 10.8 Å². The minimum Gasteiger partial charge on any atom is -0.316 e. The molecule has 9 heteroatoms. The van der Waals surface area contributed by atoms with E-state index in [0.29, 0.717) is 13.0 Å². The van der Waals surface area contributed by atoms with Gasteiger partial charge in [-0.25, -0.2) is 23.1 Å². The summed E-state index contributed by atoms with van der Waals surface area (Å²) < 4.78 is 24.8. The van der Waals surface area contributed by atoms with Crippen molar-refractivity contribution in [2.24, 2.45) is 5.14 Å². The Bertz CT molecular complexity index is 1440. The minimum atomic E-state index is -3.69. The molecule has 2 heterocycles. The molecule has 0 amide bonds. The number of sulfonamides is 1. The van der Waals surface area contributed by atoms with E-state index in [1.165, 1.54) is 16.7 Å². The summed E-state index contributed by atoms with van der Waals surface area (Å²) in [6, 6.07) is 21.3. The minimum absolute atomic E-state index is 0.115. The van der Waals surface area contributed by atoms with E-state index in [9.17, 15) is 8.42 Å². The van der Waals surface area contributed by atoms with Gasteiger partial charge in [-0.05, 0) is 47.0 Å². The molecule has 0 atom stereocenters. The number of rotatable bonds is 6. The second kappa shape index (κ2) is 7.77. The Morgan fingerprint density at radius 1 is 1.00 bits per heavy atom. The summed E-state index contributed by atoms with van der Waals surface area (Å²) in [6.07, 6.45) is 4.27. The quantitative estimate of drug-likeness (QED) is 0.423. The van der Waals surface area contributed by atoms with Crippen LogP contribution in [0.2, 0.25) is 0 Å². The number of aromatic nitrogens is 3. The third-order valence-electron chi connectivity index (χ3n) is 5.12. The van der Waals surface area contributed by atoms with Crippen molar-refractivity contribution < 1.29 is 8.42 Å². The molecule has 5 aromatic rings. The molecule has 2 aromatic heterocycles. The smallest absolute Gasteiger partial charge is 0.238 e.